The number of amides is 3. The molecule has 9 heteroatoms. The van der Waals surface area contributed by atoms with Gasteiger partial charge in [0.25, 0.3) is 0 Å². The molecule has 0 radical (unpaired) electrons. The molecule has 4 rings (SSSR count). The smallest absolute Gasteiger partial charge is 0.316 e. The van der Waals surface area contributed by atoms with Gasteiger partial charge in [-0.2, -0.15) is 0 Å². The van der Waals surface area contributed by atoms with E-state index in [0.29, 0.717) is 16.3 Å². The predicted molar refractivity (Wildman–Crippen MR) is 132 cm³/mol. The number of primary amides is 1. The highest BCUT2D eigenvalue weighted by atomic mass is 35.5. The van der Waals surface area contributed by atoms with Crippen LogP contribution >= 0.6 is 11.6 Å². The molecule has 2 aromatic carbocycles. The van der Waals surface area contributed by atoms with Gasteiger partial charge in [-0.15, -0.1) is 0 Å². The van der Waals surface area contributed by atoms with Crippen LogP contribution < -0.4 is 11.1 Å². The number of hydrogen-bond donors (Lipinski definition) is 2. The third-order valence-electron chi connectivity index (χ3n) is 6.34. The summed E-state index contributed by atoms with van der Waals surface area (Å²) in [4.78, 5) is 31.3. The molecule has 3 N–H and O–H groups in total. The van der Waals surface area contributed by atoms with Gasteiger partial charge in [0, 0.05) is 43.8 Å². The number of likely N-dealkylation sites (N-methyl/N-ethyl adjacent to an activating group) is 1. The summed E-state index contributed by atoms with van der Waals surface area (Å²) in [6, 6.07) is 9.41. The van der Waals surface area contributed by atoms with Crippen LogP contribution in [0.5, 0.6) is 0 Å². The van der Waals surface area contributed by atoms with Gasteiger partial charge in [0.2, 0.25) is 5.91 Å². The van der Waals surface area contributed by atoms with E-state index in [-0.39, 0.29) is 23.8 Å². The summed E-state index contributed by atoms with van der Waals surface area (Å²) in [6.07, 6.45) is 3.25. The van der Waals surface area contributed by atoms with Crippen LogP contribution in [0, 0.1) is 12.7 Å². The van der Waals surface area contributed by atoms with Crippen molar-refractivity contribution < 1.29 is 14.0 Å². The van der Waals surface area contributed by atoms with E-state index in [1.165, 1.54) is 12.1 Å². The number of hydrogen-bond acceptors (Lipinski definition) is 4. The zero-order valence-electron chi connectivity index (χ0n) is 19.3. The van der Waals surface area contributed by atoms with E-state index in [1.54, 1.807) is 18.2 Å². The maximum atomic E-state index is 13.3. The number of rotatable bonds is 5. The van der Waals surface area contributed by atoms with Crippen LogP contribution in [0.4, 0.5) is 14.9 Å². The number of halogens is 2. The van der Waals surface area contributed by atoms with Crippen molar-refractivity contribution in [2.45, 2.75) is 25.6 Å². The Balaban J connectivity index is 1.50. The van der Waals surface area contributed by atoms with E-state index in [2.05, 4.69) is 22.2 Å². The molecule has 0 aromatic heterocycles. The second-order valence-electron chi connectivity index (χ2n) is 9.11. The summed E-state index contributed by atoms with van der Waals surface area (Å²) in [6.45, 7) is 5.63. The number of nitrogens with two attached hydrogens (primary N) is 1. The highest BCUT2D eigenvalue weighted by molar-refractivity contribution is 6.31. The molecule has 7 nitrogen and oxygen atoms in total. The van der Waals surface area contributed by atoms with Gasteiger partial charge in [-0.25, -0.2) is 9.18 Å². The highest BCUT2D eigenvalue weighted by Gasteiger charge is 2.41. The number of urea groups is 1. The summed E-state index contributed by atoms with van der Waals surface area (Å²) >= 11 is 6.19. The lowest BCUT2D eigenvalue weighted by Crippen LogP contribution is -2.68. The molecule has 2 fully saturated rings. The minimum atomic E-state index is -0.698. The molecule has 2 bridgehead atoms. The number of nitrogens with one attached hydrogen (secondary N) is 1. The third kappa shape index (κ3) is 5.58. The molecule has 2 aromatic rings. The first-order valence-corrected chi connectivity index (χ1v) is 11.6. The number of carbonyl (C=O) groups is 2. The molecule has 180 valence electrons. The number of aryl methyl sites for hydroxylation is 1. The van der Waals surface area contributed by atoms with Crippen LogP contribution in [-0.4, -0.2) is 71.9 Å². The summed E-state index contributed by atoms with van der Waals surface area (Å²) < 4.78 is 13.3. The number of carbonyl (C=O) groups excluding carboxylic acids is 2. The van der Waals surface area contributed by atoms with Gasteiger partial charge in [0.05, 0.1) is 17.8 Å². The van der Waals surface area contributed by atoms with Gasteiger partial charge in [0.15, 0.2) is 0 Å². The Labute approximate surface area is 203 Å². The van der Waals surface area contributed by atoms with E-state index in [1.807, 2.05) is 30.0 Å². The fourth-order valence-corrected chi connectivity index (χ4v) is 5.06. The van der Waals surface area contributed by atoms with Gasteiger partial charge in [-0.05, 0) is 61.0 Å². The number of nitrogens with zero attached hydrogens (tertiary/aromatic N) is 3. The summed E-state index contributed by atoms with van der Waals surface area (Å²) in [5.74, 6) is -0.309. The second kappa shape index (κ2) is 10.1. The molecule has 2 aliphatic rings. The molecule has 2 atom stereocenters. The van der Waals surface area contributed by atoms with Crippen molar-refractivity contribution in [1.29, 1.82) is 0 Å². The largest absolute Gasteiger partial charge is 0.351 e. The molecular formula is C25H29ClFN5O2. The Bertz CT molecular complexity index is 1090. The lowest BCUT2D eigenvalue weighted by molar-refractivity contribution is -0.140. The topological polar surface area (TPSA) is 81.9 Å². The van der Waals surface area contributed by atoms with Crippen molar-refractivity contribution >= 4 is 35.3 Å². The molecule has 0 aliphatic carbocycles. The minimum absolute atomic E-state index is 0.0465. The Morgan fingerprint density at radius 1 is 1.15 bits per heavy atom. The summed E-state index contributed by atoms with van der Waals surface area (Å²) in [5.41, 5.74) is 8.28. The fourth-order valence-electron chi connectivity index (χ4n) is 4.90. The van der Waals surface area contributed by atoms with Crippen LogP contribution in [0.1, 0.15) is 16.7 Å². The second-order valence-corrected chi connectivity index (χ2v) is 9.51. The average Bonchev–Trinajstić information content (AvgIpc) is 2.75. The molecule has 34 heavy (non-hydrogen) atoms. The van der Waals surface area contributed by atoms with Crippen LogP contribution in [0.3, 0.4) is 0 Å². The van der Waals surface area contributed by atoms with Crippen LogP contribution in [0.2, 0.25) is 5.02 Å². The van der Waals surface area contributed by atoms with Gasteiger partial charge in [-0.3, -0.25) is 9.69 Å². The van der Waals surface area contributed by atoms with E-state index < -0.39 is 6.03 Å². The van der Waals surface area contributed by atoms with Crippen molar-refractivity contribution in [3.63, 3.8) is 0 Å². The molecule has 0 saturated carbocycles. The molecule has 2 heterocycles. The molecule has 2 unspecified atom stereocenters. The van der Waals surface area contributed by atoms with Crippen molar-refractivity contribution in [2.24, 2.45) is 5.73 Å². The van der Waals surface area contributed by atoms with E-state index in [4.69, 9.17) is 17.3 Å². The molecule has 3 amide bonds. The van der Waals surface area contributed by atoms with Gasteiger partial charge in [-0.1, -0.05) is 23.7 Å². The number of benzene rings is 2. The van der Waals surface area contributed by atoms with E-state index in [0.717, 1.165) is 43.9 Å². The maximum absolute atomic E-state index is 13.3. The first-order valence-electron chi connectivity index (χ1n) is 11.2. The van der Waals surface area contributed by atoms with Crippen LogP contribution in [0.15, 0.2) is 42.5 Å². The Morgan fingerprint density at radius 3 is 2.41 bits per heavy atom. The van der Waals surface area contributed by atoms with Crippen LogP contribution in [0.25, 0.3) is 6.08 Å². The van der Waals surface area contributed by atoms with Crippen molar-refractivity contribution in [1.82, 2.24) is 14.7 Å². The van der Waals surface area contributed by atoms with E-state index in [9.17, 15) is 14.0 Å². The molecule has 0 spiro atoms. The Morgan fingerprint density at radius 2 is 1.79 bits per heavy atom. The number of anilines is 1. The van der Waals surface area contributed by atoms with Crippen molar-refractivity contribution in [3.8, 4) is 0 Å². The molecule has 2 aliphatic heterocycles. The Kier molecular flexibility index (Phi) is 7.21. The first kappa shape index (κ1) is 24.2. The fraction of sp³-hybridized carbons (Fsp3) is 0.360. The summed E-state index contributed by atoms with van der Waals surface area (Å²) in [7, 11) is 2.07. The normalized spacial score (nSPS) is 21.1. The lowest BCUT2D eigenvalue weighted by atomic mass is 9.99. The van der Waals surface area contributed by atoms with Gasteiger partial charge >= 0.3 is 6.03 Å². The first-order chi connectivity index (χ1) is 16.2. The Hall–Kier alpha value is -2.94. The standard InChI is InChI=1S/C25H29ClFN5O2/c1-16-9-18(23(10-22(16)26)29-25(28)34)5-8-24(33)32-20-12-30(2)13-21(32)15-31(14-20)11-17-3-6-19(27)7-4-17/h3-10,20-21H,11-15H2,1-2H3,(H3,28,29,34)/b8-5+. The zero-order valence-corrected chi connectivity index (χ0v) is 20.1. The SMILES string of the molecule is Cc1cc(/C=C/C(=O)N2C3CN(C)CC2CN(Cc2ccc(F)cc2)C3)c(NC(N)=O)cc1Cl. The van der Waals surface area contributed by atoms with Gasteiger partial charge < -0.3 is 20.9 Å². The quantitative estimate of drug-likeness (QED) is 0.636. The predicted octanol–water partition coefficient (Wildman–Crippen LogP) is 3.32. The molecule has 2 saturated heterocycles. The number of piperazine rings is 2. The number of fused-ring (bicyclic) bond motifs is 2. The molecular weight excluding hydrogens is 457 g/mol. The van der Waals surface area contributed by atoms with Crippen molar-refractivity contribution in [3.05, 3.63) is 70.0 Å². The lowest BCUT2D eigenvalue weighted by Gasteiger charge is -2.52. The summed E-state index contributed by atoms with van der Waals surface area (Å²) in [5, 5.41) is 3.07. The highest BCUT2D eigenvalue weighted by Crippen LogP contribution is 2.28. The zero-order chi connectivity index (χ0) is 24.4. The minimum Gasteiger partial charge on any atom is -0.351 e. The van der Waals surface area contributed by atoms with E-state index >= 15 is 0 Å². The third-order valence-corrected chi connectivity index (χ3v) is 6.74. The monoisotopic (exact) mass is 485 g/mol. The van der Waals surface area contributed by atoms with Crippen LogP contribution in [-0.2, 0) is 11.3 Å². The average molecular weight is 486 g/mol. The maximum Gasteiger partial charge on any atom is 0.316 e. The van der Waals surface area contributed by atoms with Crippen molar-refractivity contribution in [2.75, 3.05) is 38.5 Å². The van der Waals surface area contributed by atoms with Gasteiger partial charge in [0.1, 0.15) is 5.82 Å².